The van der Waals surface area contributed by atoms with E-state index in [9.17, 15) is 9.59 Å². The Hall–Kier alpha value is -4.45. The van der Waals surface area contributed by atoms with Crippen LogP contribution in [-0.4, -0.2) is 78.0 Å². The van der Waals surface area contributed by atoms with E-state index >= 15 is 0 Å². The molecular formula is C30H38N8O4. The van der Waals surface area contributed by atoms with E-state index in [1.165, 1.54) is 0 Å². The lowest BCUT2D eigenvalue weighted by Crippen LogP contribution is -2.46. The van der Waals surface area contributed by atoms with Gasteiger partial charge in [0.15, 0.2) is 11.5 Å². The molecule has 12 heteroatoms. The van der Waals surface area contributed by atoms with Crippen LogP contribution in [0, 0.1) is 0 Å². The highest BCUT2D eigenvalue weighted by Gasteiger charge is 2.24. The first-order chi connectivity index (χ1) is 20.2. The molecule has 0 atom stereocenters. The van der Waals surface area contributed by atoms with Gasteiger partial charge in [-0.1, -0.05) is 12.1 Å². The van der Waals surface area contributed by atoms with Crippen LogP contribution in [-0.2, 0) is 9.47 Å². The normalized spacial score (nSPS) is 16.2. The number of piperidine rings is 1. The standard InChI is InChI=1S/C30H38N8O4/c1-30(2,3)42-29(40)34-21-9-12-37(13-10-21)22-6-4-20(5-7-22)23-19-33-27(31)26(35-23)28(39)36-24-18-32-11-8-25(24)38-14-16-41-17-15-38/h4-8,11,18-19,21H,9-10,12-17H2,1-3H3,(H2,31,33)(H,34,40)(H,36,39). The highest BCUT2D eigenvalue weighted by molar-refractivity contribution is 6.07. The van der Waals surface area contributed by atoms with Gasteiger partial charge in [0.05, 0.1) is 42.7 Å². The summed E-state index contributed by atoms with van der Waals surface area (Å²) >= 11 is 0. The summed E-state index contributed by atoms with van der Waals surface area (Å²) < 4.78 is 10.8. The highest BCUT2D eigenvalue weighted by Crippen LogP contribution is 2.28. The predicted molar refractivity (Wildman–Crippen MR) is 162 cm³/mol. The topological polar surface area (TPSA) is 148 Å². The molecule has 2 aliphatic heterocycles. The fourth-order valence-electron chi connectivity index (χ4n) is 5.05. The Morgan fingerprint density at radius 2 is 1.71 bits per heavy atom. The zero-order valence-electron chi connectivity index (χ0n) is 24.3. The number of aromatic nitrogens is 3. The number of pyridine rings is 1. The molecule has 1 aromatic carbocycles. The van der Waals surface area contributed by atoms with E-state index in [0.717, 1.165) is 56.0 Å². The van der Waals surface area contributed by atoms with Gasteiger partial charge in [0.1, 0.15) is 5.60 Å². The Kier molecular flexibility index (Phi) is 8.72. The van der Waals surface area contributed by atoms with E-state index < -0.39 is 11.5 Å². The quantitative estimate of drug-likeness (QED) is 0.398. The number of ether oxygens (including phenoxy) is 2. The Morgan fingerprint density at radius 3 is 2.40 bits per heavy atom. The van der Waals surface area contributed by atoms with Crippen molar-refractivity contribution in [1.29, 1.82) is 0 Å². The molecule has 2 aromatic heterocycles. The maximum Gasteiger partial charge on any atom is 0.407 e. The first-order valence-electron chi connectivity index (χ1n) is 14.2. The van der Waals surface area contributed by atoms with Crippen molar-refractivity contribution in [1.82, 2.24) is 20.3 Å². The van der Waals surface area contributed by atoms with Crippen LogP contribution in [0.15, 0.2) is 48.9 Å². The first kappa shape index (κ1) is 29.1. The summed E-state index contributed by atoms with van der Waals surface area (Å²) in [5.74, 6) is -0.406. The lowest BCUT2D eigenvalue weighted by atomic mass is 10.0. The zero-order chi connectivity index (χ0) is 29.7. The van der Waals surface area contributed by atoms with Crippen molar-refractivity contribution in [3.05, 3.63) is 54.6 Å². The smallest absolute Gasteiger partial charge is 0.407 e. The molecule has 0 aliphatic carbocycles. The molecule has 3 aromatic rings. The van der Waals surface area contributed by atoms with Gasteiger partial charge in [0.25, 0.3) is 5.91 Å². The van der Waals surface area contributed by atoms with Crippen LogP contribution < -0.4 is 26.2 Å². The van der Waals surface area contributed by atoms with Crippen molar-refractivity contribution < 1.29 is 19.1 Å². The van der Waals surface area contributed by atoms with E-state index in [2.05, 4.69) is 35.4 Å². The second-order valence-electron chi connectivity index (χ2n) is 11.4. The highest BCUT2D eigenvalue weighted by atomic mass is 16.6. The van der Waals surface area contributed by atoms with E-state index in [4.69, 9.17) is 15.2 Å². The monoisotopic (exact) mass is 574 g/mol. The Morgan fingerprint density at radius 1 is 1.00 bits per heavy atom. The summed E-state index contributed by atoms with van der Waals surface area (Å²) in [6.45, 7) is 9.89. The lowest BCUT2D eigenvalue weighted by molar-refractivity contribution is 0.0497. The van der Waals surface area contributed by atoms with Gasteiger partial charge in [0.2, 0.25) is 0 Å². The molecule has 2 fully saturated rings. The fraction of sp³-hybridized carbons (Fsp3) is 0.433. The molecule has 4 N–H and O–H groups in total. The molecule has 42 heavy (non-hydrogen) atoms. The van der Waals surface area contributed by atoms with E-state index in [1.807, 2.05) is 51.1 Å². The van der Waals surface area contributed by atoms with Gasteiger partial charge in [0, 0.05) is 49.7 Å². The van der Waals surface area contributed by atoms with Crippen molar-refractivity contribution in [3.63, 3.8) is 0 Å². The van der Waals surface area contributed by atoms with Crippen molar-refractivity contribution in [2.24, 2.45) is 0 Å². The SMILES string of the molecule is CC(C)(C)OC(=O)NC1CCN(c2ccc(-c3cnc(N)c(C(=O)Nc4cnccc4N4CCOCC4)n3)cc2)CC1. The summed E-state index contributed by atoms with van der Waals surface area (Å²) in [4.78, 5) is 42.8. The molecule has 0 bridgehead atoms. The summed E-state index contributed by atoms with van der Waals surface area (Å²) in [6, 6.07) is 9.92. The minimum atomic E-state index is -0.516. The largest absolute Gasteiger partial charge is 0.444 e. The molecule has 0 saturated carbocycles. The number of hydrogen-bond donors (Lipinski definition) is 3. The average Bonchev–Trinajstić information content (AvgIpc) is 2.98. The van der Waals surface area contributed by atoms with Crippen LogP contribution in [0.2, 0.25) is 0 Å². The molecule has 0 radical (unpaired) electrons. The zero-order valence-corrected chi connectivity index (χ0v) is 24.3. The van der Waals surface area contributed by atoms with Gasteiger partial charge >= 0.3 is 6.09 Å². The molecule has 5 rings (SSSR count). The van der Waals surface area contributed by atoms with Gasteiger partial charge in [-0.15, -0.1) is 0 Å². The van der Waals surface area contributed by atoms with Crippen molar-refractivity contribution in [3.8, 4) is 11.3 Å². The number of nitrogens with one attached hydrogen (secondary N) is 2. The van der Waals surface area contributed by atoms with Gasteiger partial charge in [-0.2, -0.15) is 0 Å². The molecule has 0 spiro atoms. The van der Waals surface area contributed by atoms with Crippen LogP contribution >= 0.6 is 0 Å². The molecular weight excluding hydrogens is 536 g/mol. The number of morpholine rings is 1. The molecule has 222 valence electrons. The van der Waals surface area contributed by atoms with Gasteiger partial charge in [-0.3, -0.25) is 9.78 Å². The minimum Gasteiger partial charge on any atom is -0.444 e. The Balaban J connectivity index is 1.22. The van der Waals surface area contributed by atoms with E-state index in [1.54, 1.807) is 18.6 Å². The second kappa shape index (κ2) is 12.6. The number of carbonyl (C=O) groups excluding carboxylic acids is 2. The van der Waals surface area contributed by atoms with Crippen LogP contribution in [0.4, 0.5) is 27.7 Å². The Labute approximate surface area is 245 Å². The number of benzene rings is 1. The van der Waals surface area contributed by atoms with Crippen LogP contribution in [0.3, 0.4) is 0 Å². The van der Waals surface area contributed by atoms with Crippen LogP contribution in [0.1, 0.15) is 44.1 Å². The van der Waals surface area contributed by atoms with Crippen LogP contribution in [0.5, 0.6) is 0 Å². The van der Waals surface area contributed by atoms with Crippen molar-refractivity contribution in [2.75, 3.05) is 60.2 Å². The summed E-state index contributed by atoms with van der Waals surface area (Å²) in [5, 5.41) is 5.89. The fourth-order valence-corrected chi connectivity index (χ4v) is 5.05. The number of nitrogens with two attached hydrogens (primary N) is 1. The number of rotatable bonds is 6. The lowest BCUT2D eigenvalue weighted by Gasteiger charge is -2.34. The predicted octanol–water partition coefficient (Wildman–Crippen LogP) is 3.70. The number of nitrogen functional groups attached to an aromatic ring is 1. The van der Waals surface area contributed by atoms with Gasteiger partial charge < -0.3 is 35.6 Å². The average molecular weight is 575 g/mol. The van der Waals surface area contributed by atoms with E-state index in [0.29, 0.717) is 24.6 Å². The van der Waals surface area contributed by atoms with Crippen molar-refractivity contribution in [2.45, 2.75) is 45.3 Å². The van der Waals surface area contributed by atoms with Gasteiger partial charge in [-0.05, 0) is 51.8 Å². The molecule has 4 heterocycles. The van der Waals surface area contributed by atoms with E-state index in [-0.39, 0.29) is 23.6 Å². The van der Waals surface area contributed by atoms with Crippen LogP contribution in [0.25, 0.3) is 11.3 Å². The van der Waals surface area contributed by atoms with Crippen molar-refractivity contribution >= 4 is 34.9 Å². The minimum absolute atomic E-state index is 0.0487. The third kappa shape index (κ3) is 7.24. The molecule has 2 saturated heterocycles. The summed E-state index contributed by atoms with van der Waals surface area (Å²) in [5.41, 5.74) is 9.48. The molecule has 2 amide bonds. The number of anilines is 4. The maximum absolute atomic E-state index is 13.3. The summed E-state index contributed by atoms with van der Waals surface area (Å²) in [7, 11) is 0. The molecule has 2 aliphatic rings. The summed E-state index contributed by atoms with van der Waals surface area (Å²) in [6.07, 6.45) is 6.16. The Bertz CT molecular complexity index is 1400. The maximum atomic E-state index is 13.3. The number of alkyl carbamates (subject to hydrolysis) is 1. The first-order valence-corrected chi connectivity index (χ1v) is 14.2. The second-order valence-corrected chi connectivity index (χ2v) is 11.4. The molecule has 0 unspecified atom stereocenters. The number of amides is 2. The third-order valence-electron chi connectivity index (χ3n) is 7.16. The number of hydrogen-bond acceptors (Lipinski definition) is 10. The molecule has 12 nitrogen and oxygen atoms in total. The van der Waals surface area contributed by atoms with Gasteiger partial charge in [-0.25, -0.2) is 14.8 Å². The number of carbonyl (C=O) groups is 2. The third-order valence-corrected chi connectivity index (χ3v) is 7.16. The number of nitrogens with zero attached hydrogens (tertiary/aromatic N) is 5.